The molecular formula is C18H17ClN2O2. The number of carbonyl (C=O) groups is 1. The van der Waals surface area contributed by atoms with Crippen LogP contribution in [0.4, 0.5) is 0 Å². The van der Waals surface area contributed by atoms with Gasteiger partial charge in [0.2, 0.25) is 0 Å². The molecule has 23 heavy (non-hydrogen) atoms. The van der Waals surface area contributed by atoms with Crippen LogP contribution in [-0.4, -0.2) is 18.7 Å². The molecule has 0 atom stereocenters. The van der Waals surface area contributed by atoms with Crippen molar-refractivity contribution in [1.82, 2.24) is 5.43 Å². The molecule has 0 radical (unpaired) electrons. The number of halogens is 1. The van der Waals surface area contributed by atoms with Crippen molar-refractivity contribution < 1.29 is 9.53 Å². The van der Waals surface area contributed by atoms with Crippen LogP contribution < -0.4 is 10.2 Å². The van der Waals surface area contributed by atoms with Crippen LogP contribution in [0.2, 0.25) is 5.02 Å². The van der Waals surface area contributed by atoms with Gasteiger partial charge in [-0.15, -0.1) is 0 Å². The summed E-state index contributed by atoms with van der Waals surface area (Å²) in [6, 6.07) is 12.5. The SMILES string of the molecule is C=CCOc1ccc(Cl)cc1/C=N/NC(=O)c1ccccc1C. The fourth-order valence-electron chi connectivity index (χ4n) is 1.95. The standard InChI is InChI=1S/C18H17ClN2O2/c1-3-10-23-17-9-8-15(19)11-14(17)12-20-21-18(22)16-7-5-4-6-13(16)2/h3-9,11-12H,1,10H2,2H3,(H,21,22)/b20-12+. The summed E-state index contributed by atoms with van der Waals surface area (Å²) in [6.45, 7) is 5.85. The van der Waals surface area contributed by atoms with E-state index >= 15 is 0 Å². The molecule has 2 rings (SSSR count). The fourth-order valence-corrected chi connectivity index (χ4v) is 2.13. The van der Waals surface area contributed by atoms with Crippen molar-refractivity contribution in [2.75, 3.05) is 6.61 Å². The van der Waals surface area contributed by atoms with Gasteiger partial charge in [-0.2, -0.15) is 5.10 Å². The molecule has 5 heteroatoms. The number of nitrogens with one attached hydrogen (secondary N) is 1. The molecule has 0 aromatic heterocycles. The lowest BCUT2D eigenvalue weighted by Crippen LogP contribution is -2.18. The van der Waals surface area contributed by atoms with Gasteiger partial charge in [0.1, 0.15) is 12.4 Å². The number of nitrogens with zero attached hydrogens (tertiary/aromatic N) is 1. The Labute approximate surface area is 140 Å². The molecule has 0 aliphatic heterocycles. The van der Waals surface area contributed by atoms with E-state index in [1.807, 2.05) is 25.1 Å². The monoisotopic (exact) mass is 328 g/mol. The zero-order chi connectivity index (χ0) is 16.7. The summed E-state index contributed by atoms with van der Waals surface area (Å²) in [5.74, 6) is 0.345. The minimum absolute atomic E-state index is 0.269. The summed E-state index contributed by atoms with van der Waals surface area (Å²) in [5.41, 5.74) is 4.64. The van der Waals surface area contributed by atoms with E-state index in [1.165, 1.54) is 6.21 Å². The summed E-state index contributed by atoms with van der Waals surface area (Å²) >= 11 is 5.98. The Morgan fingerprint density at radius 1 is 1.35 bits per heavy atom. The summed E-state index contributed by atoms with van der Waals surface area (Å²) < 4.78 is 5.52. The second kappa shape index (κ2) is 8.15. The Morgan fingerprint density at radius 2 is 2.13 bits per heavy atom. The van der Waals surface area contributed by atoms with Gasteiger partial charge in [-0.25, -0.2) is 5.43 Å². The number of benzene rings is 2. The summed E-state index contributed by atoms with van der Waals surface area (Å²) in [4.78, 5) is 12.1. The van der Waals surface area contributed by atoms with Crippen molar-refractivity contribution in [3.63, 3.8) is 0 Å². The number of aryl methyl sites for hydroxylation is 1. The molecule has 0 unspecified atom stereocenters. The number of hydrogen-bond acceptors (Lipinski definition) is 3. The zero-order valence-corrected chi connectivity index (χ0v) is 13.5. The molecule has 0 saturated heterocycles. The van der Waals surface area contributed by atoms with E-state index < -0.39 is 0 Å². The second-order valence-corrected chi connectivity index (χ2v) is 5.23. The van der Waals surface area contributed by atoms with Gasteiger partial charge in [-0.1, -0.05) is 42.5 Å². The molecule has 1 amide bonds. The first-order valence-electron chi connectivity index (χ1n) is 7.04. The second-order valence-electron chi connectivity index (χ2n) is 4.80. The van der Waals surface area contributed by atoms with Crippen LogP contribution in [0.15, 0.2) is 60.2 Å². The number of carbonyl (C=O) groups excluding carboxylic acids is 1. The van der Waals surface area contributed by atoms with Gasteiger partial charge in [-0.3, -0.25) is 4.79 Å². The maximum atomic E-state index is 12.1. The van der Waals surface area contributed by atoms with Crippen molar-refractivity contribution in [2.24, 2.45) is 5.10 Å². The van der Waals surface area contributed by atoms with Gasteiger partial charge < -0.3 is 4.74 Å². The Balaban J connectivity index is 2.11. The van der Waals surface area contributed by atoms with Crippen LogP contribution in [0.25, 0.3) is 0 Å². The topological polar surface area (TPSA) is 50.7 Å². The van der Waals surface area contributed by atoms with Crippen molar-refractivity contribution in [2.45, 2.75) is 6.92 Å². The lowest BCUT2D eigenvalue weighted by Gasteiger charge is -2.07. The minimum Gasteiger partial charge on any atom is -0.489 e. The van der Waals surface area contributed by atoms with E-state index in [-0.39, 0.29) is 5.91 Å². The molecular weight excluding hydrogens is 312 g/mol. The molecule has 0 spiro atoms. The van der Waals surface area contributed by atoms with Gasteiger partial charge in [0.15, 0.2) is 0 Å². The highest BCUT2D eigenvalue weighted by Gasteiger charge is 2.07. The van der Waals surface area contributed by atoms with E-state index in [2.05, 4.69) is 17.1 Å². The summed E-state index contributed by atoms with van der Waals surface area (Å²) in [6.07, 6.45) is 3.15. The summed E-state index contributed by atoms with van der Waals surface area (Å²) in [5, 5.41) is 4.54. The van der Waals surface area contributed by atoms with Gasteiger partial charge in [0.25, 0.3) is 5.91 Å². The number of hydrogen-bond donors (Lipinski definition) is 1. The average molecular weight is 329 g/mol. The van der Waals surface area contributed by atoms with Crippen molar-refractivity contribution in [3.05, 3.63) is 76.8 Å². The third-order valence-corrected chi connectivity index (χ3v) is 3.32. The van der Waals surface area contributed by atoms with Crippen LogP contribution in [-0.2, 0) is 0 Å². The average Bonchev–Trinajstić information content (AvgIpc) is 2.54. The number of ether oxygens (including phenoxy) is 1. The minimum atomic E-state index is -0.269. The molecule has 118 valence electrons. The fraction of sp³-hybridized carbons (Fsp3) is 0.111. The summed E-state index contributed by atoms with van der Waals surface area (Å²) in [7, 11) is 0. The van der Waals surface area contributed by atoms with E-state index in [0.29, 0.717) is 28.5 Å². The van der Waals surface area contributed by atoms with Gasteiger partial charge in [0, 0.05) is 16.1 Å². The van der Waals surface area contributed by atoms with Crippen molar-refractivity contribution in [3.8, 4) is 5.75 Å². The van der Waals surface area contributed by atoms with Crippen LogP contribution in [0.1, 0.15) is 21.5 Å². The molecule has 0 heterocycles. The van der Waals surface area contributed by atoms with E-state index in [0.717, 1.165) is 5.56 Å². The van der Waals surface area contributed by atoms with E-state index in [1.54, 1.807) is 30.3 Å². The predicted molar refractivity (Wildman–Crippen MR) is 93.4 cm³/mol. The molecule has 2 aromatic rings. The lowest BCUT2D eigenvalue weighted by molar-refractivity contribution is 0.0954. The normalized spacial score (nSPS) is 10.5. The molecule has 0 bridgehead atoms. The molecule has 0 aliphatic carbocycles. The van der Waals surface area contributed by atoms with E-state index in [9.17, 15) is 4.79 Å². The number of amides is 1. The Hall–Kier alpha value is -2.59. The van der Waals surface area contributed by atoms with Crippen LogP contribution >= 0.6 is 11.6 Å². The van der Waals surface area contributed by atoms with Crippen LogP contribution in [0, 0.1) is 6.92 Å². The highest BCUT2D eigenvalue weighted by atomic mass is 35.5. The Kier molecular flexibility index (Phi) is 5.94. The first-order valence-corrected chi connectivity index (χ1v) is 7.42. The quantitative estimate of drug-likeness (QED) is 0.495. The molecule has 0 aliphatic rings. The lowest BCUT2D eigenvalue weighted by atomic mass is 10.1. The first-order chi connectivity index (χ1) is 11.1. The van der Waals surface area contributed by atoms with Crippen molar-refractivity contribution in [1.29, 1.82) is 0 Å². The molecule has 4 nitrogen and oxygen atoms in total. The highest BCUT2D eigenvalue weighted by Crippen LogP contribution is 2.21. The van der Waals surface area contributed by atoms with Gasteiger partial charge in [-0.05, 0) is 36.8 Å². The van der Waals surface area contributed by atoms with Gasteiger partial charge in [0.05, 0.1) is 6.21 Å². The third kappa shape index (κ3) is 4.69. The largest absolute Gasteiger partial charge is 0.489 e. The predicted octanol–water partition coefficient (Wildman–Crippen LogP) is 3.98. The molecule has 0 fully saturated rings. The Bertz CT molecular complexity index is 742. The van der Waals surface area contributed by atoms with Crippen LogP contribution in [0.3, 0.4) is 0 Å². The molecule has 0 saturated carbocycles. The molecule has 2 aromatic carbocycles. The first kappa shape index (κ1) is 16.8. The molecule has 1 N–H and O–H groups in total. The number of hydrazone groups is 1. The zero-order valence-electron chi connectivity index (χ0n) is 12.8. The van der Waals surface area contributed by atoms with Crippen LogP contribution in [0.5, 0.6) is 5.75 Å². The maximum Gasteiger partial charge on any atom is 0.271 e. The Morgan fingerprint density at radius 3 is 2.87 bits per heavy atom. The highest BCUT2D eigenvalue weighted by molar-refractivity contribution is 6.30. The number of rotatable bonds is 6. The smallest absolute Gasteiger partial charge is 0.271 e. The van der Waals surface area contributed by atoms with Gasteiger partial charge >= 0.3 is 0 Å². The maximum absolute atomic E-state index is 12.1. The third-order valence-electron chi connectivity index (χ3n) is 3.09. The van der Waals surface area contributed by atoms with E-state index in [4.69, 9.17) is 16.3 Å². The van der Waals surface area contributed by atoms with Crippen molar-refractivity contribution >= 4 is 23.7 Å².